The second kappa shape index (κ2) is 25.7. The molecule has 2 fully saturated rings. The van der Waals surface area contributed by atoms with Crippen LogP contribution in [0, 0.1) is 5.92 Å². The molecule has 4 aliphatic rings. The van der Waals surface area contributed by atoms with E-state index in [1.165, 1.54) is 17.1 Å². The lowest BCUT2D eigenvalue weighted by molar-refractivity contribution is -0.174. The molecular formula is C37H53F3N4O13. The smallest absolute Gasteiger partial charge is 0.452 e. The molecule has 2 aliphatic heterocycles. The quantitative estimate of drug-likeness (QED) is 0.160. The van der Waals surface area contributed by atoms with Crippen molar-refractivity contribution < 1.29 is 75.2 Å². The average molecular weight is 819 g/mol. The molecule has 0 aromatic heterocycles. The van der Waals surface area contributed by atoms with E-state index < -0.39 is 36.0 Å². The summed E-state index contributed by atoms with van der Waals surface area (Å²) in [6.45, 7) is 2.69. The summed E-state index contributed by atoms with van der Waals surface area (Å²) >= 11 is 0. The van der Waals surface area contributed by atoms with Gasteiger partial charge < -0.3 is 34.3 Å². The third-order valence-corrected chi connectivity index (χ3v) is 9.25. The van der Waals surface area contributed by atoms with E-state index in [0.29, 0.717) is 89.0 Å². The normalized spacial score (nSPS) is 21.7. The molecular weight excluding hydrogens is 765 g/mol. The van der Waals surface area contributed by atoms with Crippen molar-refractivity contribution in [3.63, 3.8) is 0 Å². The first-order valence-corrected chi connectivity index (χ1v) is 18.6. The van der Waals surface area contributed by atoms with Crippen LogP contribution in [0.5, 0.6) is 0 Å². The highest BCUT2D eigenvalue weighted by atomic mass is 19.4. The topological polar surface area (TPSA) is 213 Å². The number of rotatable bonds is 17. The lowest BCUT2D eigenvalue weighted by Crippen LogP contribution is -2.47. The highest BCUT2D eigenvalue weighted by Crippen LogP contribution is 2.31. The van der Waals surface area contributed by atoms with Gasteiger partial charge in [-0.25, -0.2) is 4.79 Å². The molecule has 0 aromatic carbocycles. The molecule has 0 unspecified atom stereocenters. The standard InChI is InChI=1S/C17H25NO5.C14H23F3N2O4.C6H5NO4/c1-22-10-11-23-9-8-15(19)12-13-2-4-14(5-3-13)18-16(20)6-7-17(18)21;1-22-8-9-23-7-6-12(20)18-10-2-4-11(5-3-10)19-13(21)14(15,16)17;1-11-6(10)7-4(8)2-3-5(7)9/h6-7,13-14H,2-5,8-12H2,1H3;10-11H,2-9H2,1H3,(H,18,20)(H,19,21);2-3H,1H3. The first kappa shape index (κ1) is 48.6. The maximum atomic E-state index is 12.2. The van der Waals surface area contributed by atoms with Gasteiger partial charge in [-0.2, -0.15) is 18.1 Å². The number of amides is 7. The van der Waals surface area contributed by atoms with Crippen LogP contribution in [0.25, 0.3) is 0 Å². The Morgan fingerprint density at radius 1 is 0.649 bits per heavy atom. The van der Waals surface area contributed by atoms with Gasteiger partial charge in [0.05, 0.1) is 46.8 Å². The van der Waals surface area contributed by atoms with Crippen LogP contribution in [-0.2, 0) is 57.2 Å². The van der Waals surface area contributed by atoms with Crippen LogP contribution in [0.3, 0.4) is 0 Å². The first-order valence-electron chi connectivity index (χ1n) is 18.6. The predicted molar refractivity (Wildman–Crippen MR) is 193 cm³/mol. The number of methoxy groups -OCH3 is 3. The van der Waals surface area contributed by atoms with E-state index in [1.54, 1.807) is 14.2 Å². The molecule has 17 nitrogen and oxygen atoms in total. The minimum Gasteiger partial charge on any atom is -0.452 e. The number of ether oxygens (including phenoxy) is 5. The molecule has 0 spiro atoms. The Kier molecular flexibility index (Phi) is 21.9. The highest BCUT2D eigenvalue weighted by molar-refractivity contribution is 6.21. The Hall–Kier alpha value is -4.53. The summed E-state index contributed by atoms with van der Waals surface area (Å²) in [6, 6.07) is -0.566. The molecule has 57 heavy (non-hydrogen) atoms. The average Bonchev–Trinajstić information content (AvgIpc) is 3.70. The Labute approximate surface area is 328 Å². The zero-order valence-electron chi connectivity index (χ0n) is 32.5. The lowest BCUT2D eigenvalue weighted by Gasteiger charge is -2.33. The van der Waals surface area contributed by atoms with E-state index in [4.69, 9.17) is 18.9 Å². The van der Waals surface area contributed by atoms with Gasteiger partial charge in [-0.05, 0) is 57.3 Å². The molecule has 2 heterocycles. The molecule has 0 bridgehead atoms. The van der Waals surface area contributed by atoms with Crippen LogP contribution >= 0.6 is 0 Å². The summed E-state index contributed by atoms with van der Waals surface area (Å²) in [4.78, 5) is 91.7. The molecule has 0 radical (unpaired) electrons. The lowest BCUT2D eigenvalue weighted by atomic mass is 9.82. The third-order valence-electron chi connectivity index (χ3n) is 9.25. The van der Waals surface area contributed by atoms with Gasteiger partial charge in [-0.15, -0.1) is 0 Å². The van der Waals surface area contributed by atoms with Gasteiger partial charge in [-0.1, -0.05) is 0 Å². The minimum atomic E-state index is -4.85. The number of carbonyl (C=O) groups excluding carboxylic acids is 8. The van der Waals surface area contributed by atoms with Crippen LogP contribution in [0.2, 0.25) is 0 Å². The van der Waals surface area contributed by atoms with Gasteiger partial charge in [0.25, 0.3) is 23.6 Å². The van der Waals surface area contributed by atoms with Crippen LogP contribution in [-0.4, -0.2) is 142 Å². The van der Waals surface area contributed by atoms with E-state index in [9.17, 15) is 51.5 Å². The van der Waals surface area contributed by atoms with E-state index in [2.05, 4.69) is 10.1 Å². The zero-order valence-corrected chi connectivity index (χ0v) is 32.5. The van der Waals surface area contributed by atoms with Crippen molar-refractivity contribution >= 4 is 47.3 Å². The highest BCUT2D eigenvalue weighted by Gasteiger charge is 2.40. The van der Waals surface area contributed by atoms with Crippen molar-refractivity contribution in [3.05, 3.63) is 24.3 Å². The van der Waals surface area contributed by atoms with Gasteiger partial charge in [0.15, 0.2) is 0 Å². The van der Waals surface area contributed by atoms with Crippen molar-refractivity contribution in [1.29, 1.82) is 0 Å². The maximum Gasteiger partial charge on any atom is 0.471 e. The number of halogens is 3. The molecule has 2 aliphatic carbocycles. The summed E-state index contributed by atoms with van der Waals surface area (Å²) in [5, 5.41) is 4.81. The minimum absolute atomic E-state index is 0.00581. The Morgan fingerprint density at radius 2 is 1.12 bits per heavy atom. The summed E-state index contributed by atoms with van der Waals surface area (Å²) in [5.74, 6) is -3.21. The van der Waals surface area contributed by atoms with Crippen molar-refractivity contribution in [1.82, 2.24) is 20.4 Å². The van der Waals surface area contributed by atoms with Gasteiger partial charge in [0, 0.05) is 75.9 Å². The molecule has 2 saturated carbocycles. The van der Waals surface area contributed by atoms with Crippen molar-refractivity contribution in [2.45, 2.75) is 94.9 Å². The SMILES string of the molecule is COC(=O)N1C(=O)C=CC1=O.COCCOCCC(=O)CC1CCC(N2C(=O)C=CC2=O)CC1.COCCOCCC(=O)NC1CCC(NC(=O)C(F)(F)F)CC1. The largest absolute Gasteiger partial charge is 0.471 e. The summed E-state index contributed by atoms with van der Waals surface area (Å²) < 4.78 is 60.8. The summed E-state index contributed by atoms with van der Waals surface area (Å²) in [6.07, 6.45) is 5.40. The Morgan fingerprint density at radius 3 is 1.60 bits per heavy atom. The van der Waals surface area contributed by atoms with Gasteiger partial charge in [-0.3, -0.25) is 38.5 Å². The van der Waals surface area contributed by atoms with E-state index in [-0.39, 0.29) is 42.0 Å². The number of Topliss-reactive ketones (excluding diaryl/α,β-unsaturated/α-hetero) is 1. The zero-order chi connectivity index (χ0) is 42.4. The first-order chi connectivity index (χ1) is 27.1. The van der Waals surface area contributed by atoms with Crippen LogP contribution in [0.1, 0.15) is 70.6 Å². The fourth-order valence-corrected chi connectivity index (χ4v) is 6.26. The van der Waals surface area contributed by atoms with E-state index in [1.807, 2.05) is 5.32 Å². The Balaban J connectivity index is 0.000000313. The molecule has 320 valence electrons. The molecule has 20 heteroatoms. The maximum absolute atomic E-state index is 12.2. The van der Waals surface area contributed by atoms with Gasteiger partial charge >= 0.3 is 18.2 Å². The number of carbonyl (C=O) groups is 8. The monoisotopic (exact) mass is 818 g/mol. The molecule has 4 rings (SSSR count). The number of nitrogens with zero attached hydrogens (tertiary/aromatic N) is 2. The second-order valence-corrected chi connectivity index (χ2v) is 13.4. The second-order valence-electron chi connectivity index (χ2n) is 13.4. The number of hydrogen-bond acceptors (Lipinski definition) is 13. The van der Waals surface area contributed by atoms with Crippen molar-refractivity contribution in [3.8, 4) is 0 Å². The fourth-order valence-electron chi connectivity index (χ4n) is 6.26. The van der Waals surface area contributed by atoms with E-state index >= 15 is 0 Å². The molecule has 7 amide bonds. The number of nitrogens with one attached hydrogen (secondary N) is 2. The summed E-state index contributed by atoms with van der Waals surface area (Å²) in [7, 11) is 4.27. The number of alkyl halides is 3. The van der Waals surface area contributed by atoms with Crippen molar-refractivity contribution in [2.75, 3.05) is 61.0 Å². The third kappa shape index (κ3) is 18.1. The Bertz CT molecular complexity index is 1400. The molecule has 0 aromatic rings. The summed E-state index contributed by atoms with van der Waals surface area (Å²) in [5.41, 5.74) is 0. The molecule has 2 N–H and O–H groups in total. The van der Waals surface area contributed by atoms with Crippen molar-refractivity contribution in [2.24, 2.45) is 5.92 Å². The number of hydrogen-bond donors (Lipinski definition) is 2. The van der Waals surface area contributed by atoms with Gasteiger partial charge in [0.1, 0.15) is 5.78 Å². The molecule has 0 saturated heterocycles. The number of imide groups is 4. The fraction of sp³-hybridized carbons (Fsp3) is 0.676. The van der Waals surface area contributed by atoms with Crippen LogP contribution < -0.4 is 10.6 Å². The van der Waals surface area contributed by atoms with Crippen LogP contribution in [0.15, 0.2) is 24.3 Å². The molecule has 0 atom stereocenters. The number of ketones is 1. The predicted octanol–water partition coefficient (Wildman–Crippen LogP) is 2.31. The van der Waals surface area contributed by atoms with E-state index in [0.717, 1.165) is 44.9 Å². The van der Waals surface area contributed by atoms with Gasteiger partial charge in [0.2, 0.25) is 5.91 Å². The van der Waals surface area contributed by atoms with Crippen LogP contribution in [0.4, 0.5) is 18.0 Å².